The SMILES string of the molecule is Cn1cc(CC(=O)Nc2ccc(N3CCCC3)cn2)c2ccccc21. The van der Waals surface area contributed by atoms with Crippen molar-refractivity contribution in [2.75, 3.05) is 23.3 Å². The molecule has 1 saturated heterocycles. The summed E-state index contributed by atoms with van der Waals surface area (Å²) in [5.41, 5.74) is 3.30. The van der Waals surface area contributed by atoms with Gasteiger partial charge in [0.05, 0.1) is 18.3 Å². The molecule has 1 fully saturated rings. The van der Waals surface area contributed by atoms with Gasteiger partial charge in [-0.1, -0.05) is 18.2 Å². The Bertz CT molecular complexity index is 892. The molecule has 128 valence electrons. The highest BCUT2D eigenvalue weighted by atomic mass is 16.1. The molecule has 0 atom stereocenters. The topological polar surface area (TPSA) is 50.2 Å². The van der Waals surface area contributed by atoms with E-state index in [1.54, 1.807) is 0 Å². The van der Waals surface area contributed by atoms with Crippen LogP contribution in [0.5, 0.6) is 0 Å². The first kappa shape index (κ1) is 15.7. The fourth-order valence-electron chi connectivity index (χ4n) is 3.55. The fraction of sp³-hybridized carbons (Fsp3) is 0.300. The van der Waals surface area contributed by atoms with E-state index in [2.05, 4.69) is 31.9 Å². The van der Waals surface area contributed by atoms with Crippen molar-refractivity contribution < 1.29 is 4.79 Å². The molecule has 1 aliphatic heterocycles. The maximum Gasteiger partial charge on any atom is 0.230 e. The second-order valence-electron chi connectivity index (χ2n) is 6.60. The Balaban J connectivity index is 1.44. The third-order valence-corrected chi connectivity index (χ3v) is 4.82. The summed E-state index contributed by atoms with van der Waals surface area (Å²) in [6, 6.07) is 12.1. The molecule has 2 aromatic heterocycles. The highest BCUT2D eigenvalue weighted by Gasteiger charge is 2.14. The molecule has 0 spiro atoms. The zero-order valence-electron chi connectivity index (χ0n) is 14.4. The number of aromatic nitrogens is 2. The second kappa shape index (κ2) is 6.59. The molecule has 5 heteroatoms. The Hall–Kier alpha value is -2.82. The van der Waals surface area contributed by atoms with Crippen molar-refractivity contribution in [3.63, 3.8) is 0 Å². The number of amides is 1. The zero-order chi connectivity index (χ0) is 17.2. The lowest BCUT2D eigenvalue weighted by Gasteiger charge is -2.17. The van der Waals surface area contributed by atoms with Gasteiger partial charge in [-0.15, -0.1) is 0 Å². The summed E-state index contributed by atoms with van der Waals surface area (Å²) in [7, 11) is 2.00. The number of para-hydroxylation sites is 1. The summed E-state index contributed by atoms with van der Waals surface area (Å²) in [6.07, 6.45) is 6.69. The predicted octanol–water partition coefficient (Wildman–Crippen LogP) is 3.35. The van der Waals surface area contributed by atoms with Crippen LogP contribution in [0.25, 0.3) is 10.9 Å². The van der Waals surface area contributed by atoms with Crippen molar-refractivity contribution >= 4 is 28.3 Å². The number of pyridine rings is 1. The molecule has 5 nitrogen and oxygen atoms in total. The molecule has 1 aliphatic rings. The predicted molar refractivity (Wildman–Crippen MR) is 101 cm³/mol. The number of rotatable bonds is 4. The van der Waals surface area contributed by atoms with Gasteiger partial charge in [-0.2, -0.15) is 0 Å². The Morgan fingerprint density at radius 1 is 1.16 bits per heavy atom. The van der Waals surface area contributed by atoms with Crippen molar-refractivity contribution in [1.82, 2.24) is 9.55 Å². The molecular formula is C20H22N4O. The van der Waals surface area contributed by atoms with Gasteiger partial charge in [-0.05, 0) is 36.6 Å². The molecule has 25 heavy (non-hydrogen) atoms. The Morgan fingerprint density at radius 2 is 1.96 bits per heavy atom. The van der Waals surface area contributed by atoms with E-state index in [1.165, 1.54) is 12.8 Å². The van der Waals surface area contributed by atoms with Crippen molar-refractivity contribution in [3.05, 3.63) is 54.4 Å². The first-order chi connectivity index (χ1) is 12.2. The van der Waals surface area contributed by atoms with Gasteiger partial charge in [-0.25, -0.2) is 4.98 Å². The number of carbonyl (C=O) groups is 1. The van der Waals surface area contributed by atoms with E-state index in [4.69, 9.17) is 0 Å². The standard InChI is InChI=1S/C20H22N4O/c1-23-14-15(17-6-2-3-7-18(17)23)12-20(25)22-19-9-8-16(13-21-19)24-10-4-5-11-24/h2-3,6-9,13-14H,4-5,10-12H2,1H3,(H,21,22,25). The average molecular weight is 334 g/mol. The van der Waals surface area contributed by atoms with E-state index in [1.807, 2.05) is 43.7 Å². The van der Waals surface area contributed by atoms with Crippen LogP contribution in [0, 0.1) is 0 Å². The van der Waals surface area contributed by atoms with Gasteiger partial charge in [-0.3, -0.25) is 4.79 Å². The lowest BCUT2D eigenvalue weighted by Crippen LogP contribution is -2.18. The number of hydrogen-bond acceptors (Lipinski definition) is 3. The van der Waals surface area contributed by atoms with E-state index in [0.717, 1.165) is 35.2 Å². The normalized spacial score (nSPS) is 14.2. The quantitative estimate of drug-likeness (QED) is 0.796. The van der Waals surface area contributed by atoms with E-state index in [9.17, 15) is 4.79 Å². The average Bonchev–Trinajstić information content (AvgIpc) is 3.25. The molecule has 0 bridgehead atoms. The number of benzene rings is 1. The minimum absolute atomic E-state index is 0.0437. The lowest BCUT2D eigenvalue weighted by molar-refractivity contribution is -0.115. The zero-order valence-corrected chi connectivity index (χ0v) is 14.4. The maximum absolute atomic E-state index is 12.4. The number of carbonyl (C=O) groups excluding carboxylic acids is 1. The summed E-state index contributed by atoms with van der Waals surface area (Å²) < 4.78 is 2.06. The summed E-state index contributed by atoms with van der Waals surface area (Å²) in [5.74, 6) is 0.561. The fourth-order valence-corrected chi connectivity index (χ4v) is 3.55. The van der Waals surface area contributed by atoms with Crippen molar-refractivity contribution in [2.24, 2.45) is 7.05 Å². The van der Waals surface area contributed by atoms with Crippen LogP contribution in [-0.2, 0) is 18.3 Å². The summed E-state index contributed by atoms with van der Waals surface area (Å²) in [6.45, 7) is 2.18. The first-order valence-corrected chi connectivity index (χ1v) is 8.74. The largest absolute Gasteiger partial charge is 0.370 e. The number of fused-ring (bicyclic) bond motifs is 1. The molecule has 1 aromatic carbocycles. The molecule has 1 N–H and O–H groups in total. The molecule has 0 unspecified atom stereocenters. The van der Waals surface area contributed by atoms with Crippen molar-refractivity contribution in [3.8, 4) is 0 Å². The van der Waals surface area contributed by atoms with Crippen molar-refractivity contribution in [1.29, 1.82) is 0 Å². The molecule has 3 aromatic rings. The number of hydrogen-bond donors (Lipinski definition) is 1. The maximum atomic E-state index is 12.4. The summed E-state index contributed by atoms with van der Waals surface area (Å²) >= 11 is 0. The molecule has 0 aliphatic carbocycles. The van der Waals surface area contributed by atoms with Crippen LogP contribution in [0.1, 0.15) is 18.4 Å². The van der Waals surface area contributed by atoms with Gasteiger partial charge >= 0.3 is 0 Å². The number of nitrogens with one attached hydrogen (secondary N) is 1. The Kier molecular flexibility index (Phi) is 4.14. The highest BCUT2D eigenvalue weighted by Crippen LogP contribution is 2.22. The van der Waals surface area contributed by atoms with E-state index in [0.29, 0.717) is 12.2 Å². The molecule has 3 heterocycles. The van der Waals surface area contributed by atoms with Gasteiger partial charge in [0.25, 0.3) is 0 Å². The van der Waals surface area contributed by atoms with Gasteiger partial charge in [0.1, 0.15) is 5.82 Å². The molecule has 0 radical (unpaired) electrons. The van der Waals surface area contributed by atoms with Crippen LogP contribution in [0.15, 0.2) is 48.8 Å². The van der Waals surface area contributed by atoms with Gasteiger partial charge in [0.2, 0.25) is 5.91 Å². The van der Waals surface area contributed by atoms with E-state index >= 15 is 0 Å². The number of anilines is 2. The Labute approximate surface area is 147 Å². The first-order valence-electron chi connectivity index (χ1n) is 8.74. The summed E-state index contributed by atoms with van der Waals surface area (Å²) in [5, 5.41) is 4.03. The second-order valence-corrected chi connectivity index (χ2v) is 6.60. The summed E-state index contributed by atoms with van der Waals surface area (Å²) in [4.78, 5) is 19.1. The third-order valence-electron chi connectivity index (χ3n) is 4.82. The smallest absolute Gasteiger partial charge is 0.230 e. The number of nitrogens with zero attached hydrogens (tertiary/aromatic N) is 3. The van der Waals surface area contributed by atoms with Crippen LogP contribution < -0.4 is 10.2 Å². The minimum Gasteiger partial charge on any atom is -0.370 e. The Morgan fingerprint density at radius 3 is 2.72 bits per heavy atom. The van der Waals surface area contributed by atoms with Gasteiger partial charge < -0.3 is 14.8 Å². The van der Waals surface area contributed by atoms with Crippen molar-refractivity contribution in [2.45, 2.75) is 19.3 Å². The lowest BCUT2D eigenvalue weighted by atomic mass is 10.1. The van der Waals surface area contributed by atoms with Crippen LogP contribution in [-0.4, -0.2) is 28.5 Å². The van der Waals surface area contributed by atoms with Crippen LogP contribution in [0.3, 0.4) is 0 Å². The molecule has 4 rings (SSSR count). The van der Waals surface area contributed by atoms with E-state index in [-0.39, 0.29) is 5.91 Å². The third kappa shape index (κ3) is 3.22. The van der Waals surface area contributed by atoms with Gasteiger partial charge in [0, 0.05) is 37.2 Å². The van der Waals surface area contributed by atoms with Crippen LogP contribution in [0.2, 0.25) is 0 Å². The van der Waals surface area contributed by atoms with Crippen LogP contribution >= 0.6 is 0 Å². The monoisotopic (exact) mass is 334 g/mol. The molecule has 1 amide bonds. The van der Waals surface area contributed by atoms with E-state index < -0.39 is 0 Å². The highest BCUT2D eigenvalue weighted by molar-refractivity contribution is 5.95. The molecule has 0 saturated carbocycles. The van der Waals surface area contributed by atoms with Crippen LogP contribution in [0.4, 0.5) is 11.5 Å². The minimum atomic E-state index is -0.0437. The molecular weight excluding hydrogens is 312 g/mol. The number of aryl methyl sites for hydroxylation is 1. The van der Waals surface area contributed by atoms with Gasteiger partial charge in [0.15, 0.2) is 0 Å².